The molecule has 0 spiro atoms. The maximum atomic E-state index is 11.3. The van der Waals surface area contributed by atoms with Gasteiger partial charge in [-0.1, -0.05) is 13.8 Å². The molecule has 0 aliphatic carbocycles. The number of aryl methyl sites for hydroxylation is 1. The van der Waals surface area contributed by atoms with Crippen molar-refractivity contribution in [1.29, 1.82) is 0 Å². The lowest BCUT2D eigenvalue weighted by molar-refractivity contribution is -0.124. The number of hydrogen-bond donors (Lipinski definition) is 1. The number of hydrogen-bond acceptors (Lipinski definition) is 2. The molecule has 1 aromatic rings. The quantitative estimate of drug-likeness (QED) is 0.791. The molecule has 1 amide bonds. The second-order valence-corrected chi connectivity index (χ2v) is 3.67. The molecule has 1 rings (SSSR count). The summed E-state index contributed by atoms with van der Waals surface area (Å²) in [5.41, 5.74) is 2.23. The molecule has 0 aliphatic rings. The average Bonchev–Trinajstić information content (AvgIpc) is 2.16. The molecule has 76 valence electrons. The Labute approximate surface area is 84.6 Å². The first-order valence-corrected chi connectivity index (χ1v) is 4.78. The summed E-state index contributed by atoms with van der Waals surface area (Å²) >= 11 is 0. The fourth-order valence-electron chi connectivity index (χ4n) is 1.07. The summed E-state index contributed by atoms with van der Waals surface area (Å²) in [7, 11) is 0. The van der Waals surface area contributed by atoms with Gasteiger partial charge in [-0.2, -0.15) is 0 Å². The molecule has 0 radical (unpaired) electrons. The van der Waals surface area contributed by atoms with Crippen molar-refractivity contribution in [1.82, 2.24) is 10.3 Å². The SMILES string of the molecule is Cc1ccncc1CNC(=O)C(C)C. The lowest BCUT2D eigenvalue weighted by atomic mass is 10.1. The number of rotatable bonds is 3. The van der Waals surface area contributed by atoms with Gasteiger partial charge in [0, 0.05) is 24.9 Å². The smallest absolute Gasteiger partial charge is 0.222 e. The third kappa shape index (κ3) is 2.83. The summed E-state index contributed by atoms with van der Waals surface area (Å²) in [5.74, 6) is 0.111. The summed E-state index contributed by atoms with van der Waals surface area (Å²) in [6.07, 6.45) is 3.54. The highest BCUT2D eigenvalue weighted by Gasteiger charge is 2.06. The van der Waals surface area contributed by atoms with Gasteiger partial charge in [0.15, 0.2) is 0 Å². The van der Waals surface area contributed by atoms with Gasteiger partial charge in [0.25, 0.3) is 0 Å². The minimum atomic E-state index is 0.0342. The maximum Gasteiger partial charge on any atom is 0.222 e. The zero-order valence-corrected chi connectivity index (χ0v) is 8.87. The highest BCUT2D eigenvalue weighted by atomic mass is 16.1. The summed E-state index contributed by atoms with van der Waals surface area (Å²) < 4.78 is 0. The number of nitrogens with zero attached hydrogens (tertiary/aromatic N) is 1. The summed E-state index contributed by atoms with van der Waals surface area (Å²) in [5, 5.41) is 2.86. The number of pyridine rings is 1. The van der Waals surface area contributed by atoms with Crippen LogP contribution in [-0.2, 0) is 11.3 Å². The van der Waals surface area contributed by atoms with Gasteiger partial charge < -0.3 is 5.32 Å². The van der Waals surface area contributed by atoms with E-state index in [1.807, 2.05) is 26.8 Å². The van der Waals surface area contributed by atoms with Gasteiger partial charge in [0.2, 0.25) is 5.91 Å². The zero-order valence-electron chi connectivity index (χ0n) is 8.87. The molecular formula is C11H16N2O. The van der Waals surface area contributed by atoms with Crippen LogP contribution in [0.2, 0.25) is 0 Å². The summed E-state index contributed by atoms with van der Waals surface area (Å²) in [4.78, 5) is 15.3. The van der Waals surface area contributed by atoms with E-state index in [1.54, 1.807) is 12.4 Å². The highest BCUT2D eigenvalue weighted by Crippen LogP contribution is 2.04. The molecule has 1 N–H and O–H groups in total. The van der Waals surface area contributed by atoms with Gasteiger partial charge in [-0.05, 0) is 24.1 Å². The molecule has 1 heterocycles. The van der Waals surface area contributed by atoms with E-state index >= 15 is 0 Å². The van der Waals surface area contributed by atoms with Gasteiger partial charge in [0.1, 0.15) is 0 Å². The topological polar surface area (TPSA) is 42.0 Å². The Kier molecular flexibility index (Phi) is 3.63. The number of amides is 1. The fourth-order valence-corrected chi connectivity index (χ4v) is 1.07. The van der Waals surface area contributed by atoms with E-state index in [9.17, 15) is 4.79 Å². The van der Waals surface area contributed by atoms with Crippen LogP contribution in [0.1, 0.15) is 25.0 Å². The van der Waals surface area contributed by atoms with Gasteiger partial charge in [-0.15, -0.1) is 0 Å². The highest BCUT2D eigenvalue weighted by molar-refractivity contribution is 5.77. The van der Waals surface area contributed by atoms with Crippen LogP contribution in [0.15, 0.2) is 18.5 Å². The molecule has 0 bridgehead atoms. The predicted octanol–water partition coefficient (Wildman–Crippen LogP) is 1.66. The predicted molar refractivity (Wildman–Crippen MR) is 55.7 cm³/mol. The Morgan fingerprint density at radius 1 is 1.57 bits per heavy atom. The Morgan fingerprint density at radius 3 is 2.86 bits per heavy atom. The van der Waals surface area contributed by atoms with Crippen molar-refractivity contribution < 1.29 is 4.79 Å². The van der Waals surface area contributed by atoms with E-state index in [0.29, 0.717) is 6.54 Å². The standard InChI is InChI=1S/C11H16N2O/c1-8(2)11(14)13-7-10-6-12-5-4-9(10)3/h4-6,8H,7H2,1-3H3,(H,13,14). The molecule has 1 aromatic heterocycles. The summed E-state index contributed by atoms with van der Waals surface area (Å²) in [6.45, 7) is 6.34. The van der Waals surface area contributed by atoms with E-state index in [4.69, 9.17) is 0 Å². The van der Waals surface area contributed by atoms with Crippen LogP contribution >= 0.6 is 0 Å². The molecule has 0 fully saturated rings. The lowest BCUT2D eigenvalue weighted by Gasteiger charge is -2.08. The van der Waals surface area contributed by atoms with E-state index in [-0.39, 0.29) is 11.8 Å². The number of aromatic nitrogens is 1. The van der Waals surface area contributed by atoms with Crippen molar-refractivity contribution in [3.63, 3.8) is 0 Å². The molecule has 3 heteroatoms. The van der Waals surface area contributed by atoms with Gasteiger partial charge in [-0.3, -0.25) is 9.78 Å². The lowest BCUT2D eigenvalue weighted by Crippen LogP contribution is -2.27. The van der Waals surface area contributed by atoms with Crippen molar-refractivity contribution in [2.45, 2.75) is 27.3 Å². The number of carbonyl (C=O) groups is 1. The monoisotopic (exact) mass is 192 g/mol. The number of carbonyl (C=O) groups excluding carboxylic acids is 1. The molecule has 3 nitrogen and oxygen atoms in total. The molecule has 0 aromatic carbocycles. The van der Waals surface area contributed by atoms with Crippen molar-refractivity contribution in [2.75, 3.05) is 0 Å². The van der Waals surface area contributed by atoms with Crippen molar-refractivity contribution >= 4 is 5.91 Å². The van der Waals surface area contributed by atoms with Crippen LogP contribution in [-0.4, -0.2) is 10.9 Å². The number of nitrogens with one attached hydrogen (secondary N) is 1. The second-order valence-electron chi connectivity index (χ2n) is 3.67. The third-order valence-corrected chi connectivity index (χ3v) is 2.12. The molecule has 0 saturated heterocycles. The first-order chi connectivity index (χ1) is 6.61. The van der Waals surface area contributed by atoms with Crippen LogP contribution in [0, 0.1) is 12.8 Å². The Balaban J connectivity index is 2.54. The zero-order chi connectivity index (χ0) is 10.6. The second kappa shape index (κ2) is 4.74. The van der Waals surface area contributed by atoms with Gasteiger partial charge in [-0.25, -0.2) is 0 Å². The van der Waals surface area contributed by atoms with Crippen molar-refractivity contribution in [2.24, 2.45) is 5.92 Å². The van der Waals surface area contributed by atoms with Gasteiger partial charge >= 0.3 is 0 Å². The Hall–Kier alpha value is -1.38. The minimum absolute atomic E-state index is 0.0342. The average molecular weight is 192 g/mol. The largest absolute Gasteiger partial charge is 0.352 e. The third-order valence-electron chi connectivity index (χ3n) is 2.12. The summed E-state index contributed by atoms with van der Waals surface area (Å²) in [6, 6.07) is 1.94. The molecular weight excluding hydrogens is 176 g/mol. The van der Waals surface area contributed by atoms with Crippen LogP contribution in [0.3, 0.4) is 0 Å². The Morgan fingerprint density at radius 2 is 2.29 bits per heavy atom. The van der Waals surface area contributed by atoms with Gasteiger partial charge in [0.05, 0.1) is 0 Å². The molecule has 14 heavy (non-hydrogen) atoms. The van der Waals surface area contributed by atoms with Crippen LogP contribution in [0.5, 0.6) is 0 Å². The molecule has 0 saturated carbocycles. The van der Waals surface area contributed by atoms with Crippen molar-refractivity contribution in [3.8, 4) is 0 Å². The molecule has 0 atom stereocenters. The van der Waals surface area contributed by atoms with Crippen LogP contribution in [0.4, 0.5) is 0 Å². The first kappa shape index (κ1) is 10.7. The minimum Gasteiger partial charge on any atom is -0.352 e. The fraction of sp³-hybridized carbons (Fsp3) is 0.455. The molecule has 0 unspecified atom stereocenters. The van der Waals surface area contributed by atoms with Crippen molar-refractivity contribution in [3.05, 3.63) is 29.6 Å². The van der Waals surface area contributed by atoms with Crippen LogP contribution in [0.25, 0.3) is 0 Å². The van der Waals surface area contributed by atoms with Crippen LogP contribution < -0.4 is 5.32 Å². The van der Waals surface area contributed by atoms with E-state index in [0.717, 1.165) is 11.1 Å². The van der Waals surface area contributed by atoms with E-state index in [1.165, 1.54) is 0 Å². The first-order valence-electron chi connectivity index (χ1n) is 4.78. The van der Waals surface area contributed by atoms with E-state index in [2.05, 4.69) is 10.3 Å². The maximum absolute atomic E-state index is 11.3. The van der Waals surface area contributed by atoms with E-state index < -0.39 is 0 Å². The normalized spacial score (nSPS) is 10.3. The Bertz CT molecular complexity index is 321. The molecule has 0 aliphatic heterocycles.